The Morgan fingerprint density at radius 2 is 2.00 bits per heavy atom. The fourth-order valence-corrected chi connectivity index (χ4v) is 3.91. The van der Waals surface area contributed by atoms with Crippen molar-refractivity contribution in [3.63, 3.8) is 0 Å². The minimum Gasteiger partial charge on any atom is -0.477 e. The number of hydrogen-bond donors (Lipinski definition) is 2. The molecule has 1 aromatic carbocycles. The summed E-state index contributed by atoms with van der Waals surface area (Å²) in [7, 11) is 1.80. The number of aromatic nitrogens is 2. The van der Waals surface area contributed by atoms with Crippen LogP contribution in [0.1, 0.15) is 29.2 Å². The van der Waals surface area contributed by atoms with E-state index in [2.05, 4.69) is 10.3 Å². The van der Waals surface area contributed by atoms with Crippen LogP contribution in [-0.4, -0.2) is 46.8 Å². The van der Waals surface area contributed by atoms with Crippen LogP contribution in [0.2, 0.25) is 0 Å². The number of nitrogens with one attached hydrogen (secondary N) is 1. The zero-order chi connectivity index (χ0) is 20.4. The van der Waals surface area contributed by atoms with Gasteiger partial charge in [0.2, 0.25) is 5.43 Å². The first-order chi connectivity index (χ1) is 13.9. The van der Waals surface area contributed by atoms with E-state index < -0.39 is 23.0 Å². The standard InChI is InChI=1S/C20H18F2N4O3/c1-23-10-6-25(7-10)17-14(21)5-9-4-12-18(27)13(20(28)29)8-26(11-2-3-11)19(12)24-16(9)15(17)22/h4-5,8,10-11,23H,2-3,6-7H2,1H3,(H,28,29). The zero-order valence-electron chi connectivity index (χ0n) is 15.6. The summed E-state index contributed by atoms with van der Waals surface area (Å²) in [5, 5.41) is 12.6. The van der Waals surface area contributed by atoms with Crippen LogP contribution in [0.25, 0.3) is 21.9 Å². The summed E-state index contributed by atoms with van der Waals surface area (Å²) in [6.07, 6.45) is 2.93. The van der Waals surface area contributed by atoms with Gasteiger partial charge in [-0.3, -0.25) is 4.79 Å². The summed E-state index contributed by atoms with van der Waals surface area (Å²) in [5.41, 5.74) is -1.01. The average Bonchev–Trinajstić information content (AvgIpc) is 3.47. The van der Waals surface area contributed by atoms with E-state index in [4.69, 9.17) is 0 Å². The van der Waals surface area contributed by atoms with Gasteiger partial charge >= 0.3 is 5.97 Å². The molecule has 1 saturated heterocycles. The highest BCUT2D eigenvalue weighted by atomic mass is 19.1. The lowest BCUT2D eigenvalue weighted by atomic mass is 10.0. The molecule has 3 heterocycles. The van der Waals surface area contributed by atoms with Crippen LogP contribution in [0.3, 0.4) is 0 Å². The number of anilines is 1. The van der Waals surface area contributed by atoms with Crippen molar-refractivity contribution in [1.29, 1.82) is 0 Å². The van der Waals surface area contributed by atoms with E-state index in [0.717, 1.165) is 18.9 Å². The third-order valence-electron chi connectivity index (χ3n) is 5.73. The Balaban J connectivity index is 1.77. The second kappa shape index (κ2) is 6.21. The first-order valence-corrected chi connectivity index (χ1v) is 9.42. The maximum absolute atomic E-state index is 15.3. The van der Waals surface area contributed by atoms with Gasteiger partial charge < -0.3 is 19.9 Å². The summed E-state index contributed by atoms with van der Waals surface area (Å²) in [6.45, 7) is 0.969. The van der Waals surface area contributed by atoms with Crippen LogP contribution >= 0.6 is 0 Å². The highest BCUT2D eigenvalue weighted by molar-refractivity contribution is 5.97. The van der Waals surface area contributed by atoms with Gasteiger partial charge in [-0.25, -0.2) is 18.6 Å². The monoisotopic (exact) mass is 400 g/mol. The van der Waals surface area contributed by atoms with Crippen LogP contribution in [0, 0.1) is 11.6 Å². The topological polar surface area (TPSA) is 87.5 Å². The zero-order valence-corrected chi connectivity index (χ0v) is 15.6. The van der Waals surface area contributed by atoms with E-state index >= 15 is 4.39 Å². The van der Waals surface area contributed by atoms with Gasteiger partial charge in [0.25, 0.3) is 0 Å². The van der Waals surface area contributed by atoms with Crippen molar-refractivity contribution < 1.29 is 18.7 Å². The number of nitrogens with zero attached hydrogens (tertiary/aromatic N) is 3. The van der Waals surface area contributed by atoms with E-state index in [-0.39, 0.29) is 45.3 Å². The molecule has 3 aromatic rings. The fourth-order valence-electron chi connectivity index (χ4n) is 3.91. The molecule has 1 aliphatic heterocycles. The van der Waals surface area contributed by atoms with Gasteiger partial charge in [-0.05, 0) is 32.0 Å². The lowest BCUT2D eigenvalue weighted by molar-refractivity contribution is 0.0695. The van der Waals surface area contributed by atoms with Crippen molar-refractivity contribution >= 4 is 33.6 Å². The quantitative estimate of drug-likeness (QED) is 0.654. The molecular weight excluding hydrogens is 382 g/mol. The number of rotatable bonds is 4. The van der Waals surface area contributed by atoms with E-state index in [9.17, 15) is 19.1 Å². The largest absolute Gasteiger partial charge is 0.477 e. The van der Waals surface area contributed by atoms with E-state index in [0.29, 0.717) is 13.1 Å². The van der Waals surface area contributed by atoms with Crippen LogP contribution in [0.4, 0.5) is 14.5 Å². The third-order valence-corrected chi connectivity index (χ3v) is 5.73. The SMILES string of the molecule is CNC1CN(c2c(F)cc3cc4c(=O)c(C(=O)O)cn(C5CC5)c4nc3c2F)C1. The molecule has 0 amide bonds. The molecule has 5 rings (SSSR count). The van der Waals surface area contributed by atoms with Crippen molar-refractivity contribution in [1.82, 2.24) is 14.9 Å². The Kier molecular flexibility index (Phi) is 3.86. The fraction of sp³-hybridized carbons (Fsp3) is 0.350. The molecular formula is C20H18F2N4O3. The lowest BCUT2D eigenvalue weighted by Crippen LogP contribution is -2.57. The van der Waals surface area contributed by atoms with Gasteiger partial charge in [0.15, 0.2) is 5.82 Å². The molecule has 0 atom stereocenters. The minimum atomic E-state index is -1.34. The Morgan fingerprint density at radius 3 is 2.62 bits per heavy atom. The molecule has 0 bridgehead atoms. The molecule has 1 saturated carbocycles. The number of benzene rings is 1. The molecule has 2 fully saturated rings. The van der Waals surface area contributed by atoms with Crippen molar-refractivity contribution in [2.75, 3.05) is 25.0 Å². The van der Waals surface area contributed by atoms with Gasteiger partial charge in [0, 0.05) is 36.8 Å². The Morgan fingerprint density at radius 1 is 1.28 bits per heavy atom. The molecule has 0 radical (unpaired) electrons. The number of pyridine rings is 2. The number of fused-ring (bicyclic) bond motifs is 2. The Hall–Kier alpha value is -3.07. The van der Waals surface area contributed by atoms with Gasteiger partial charge in [-0.2, -0.15) is 0 Å². The molecule has 2 aromatic heterocycles. The minimum absolute atomic E-state index is 0.0240. The third kappa shape index (κ3) is 2.68. The lowest BCUT2D eigenvalue weighted by Gasteiger charge is -2.41. The molecule has 2 N–H and O–H groups in total. The number of carboxylic acid groups (broad SMARTS) is 1. The van der Waals surface area contributed by atoms with Crippen molar-refractivity contribution in [2.45, 2.75) is 24.9 Å². The van der Waals surface area contributed by atoms with E-state index in [1.54, 1.807) is 16.5 Å². The van der Waals surface area contributed by atoms with Crippen LogP contribution in [-0.2, 0) is 0 Å². The van der Waals surface area contributed by atoms with E-state index in [1.165, 1.54) is 12.3 Å². The van der Waals surface area contributed by atoms with Crippen molar-refractivity contribution in [3.8, 4) is 0 Å². The number of halogens is 2. The number of carboxylic acids is 1. The second-order valence-corrected chi connectivity index (χ2v) is 7.66. The summed E-state index contributed by atoms with van der Waals surface area (Å²) in [5.74, 6) is -2.84. The van der Waals surface area contributed by atoms with Gasteiger partial charge in [-0.1, -0.05) is 0 Å². The van der Waals surface area contributed by atoms with Crippen molar-refractivity contribution in [3.05, 3.63) is 45.8 Å². The second-order valence-electron chi connectivity index (χ2n) is 7.66. The molecule has 9 heteroatoms. The molecule has 1 aliphatic carbocycles. The highest BCUT2D eigenvalue weighted by Gasteiger charge is 2.32. The summed E-state index contributed by atoms with van der Waals surface area (Å²) in [4.78, 5) is 30.1. The number of aromatic carboxylic acids is 1. The smallest absolute Gasteiger partial charge is 0.341 e. The molecule has 2 aliphatic rings. The summed E-state index contributed by atoms with van der Waals surface area (Å²) in [6, 6.07) is 2.69. The maximum Gasteiger partial charge on any atom is 0.341 e. The van der Waals surface area contributed by atoms with Gasteiger partial charge in [0.05, 0.1) is 5.39 Å². The molecule has 7 nitrogen and oxygen atoms in total. The predicted molar refractivity (Wildman–Crippen MR) is 104 cm³/mol. The normalized spacial score (nSPS) is 17.1. The first-order valence-electron chi connectivity index (χ1n) is 9.42. The van der Waals surface area contributed by atoms with Crippen molar-refractivity contribution in [2.24, 2.45) is 0 Å². The maximum atomic E-state index is 15.3. The molecule has 29 heavy (non-hydrogen) atoms. The molecule has 150 valence electrons. The van der Waals surface area contributed by atoms with Crippen LogP contribution < -0.4 is 15.6 Å². The highest BCUT2D eigenvalue weighted by Crippen LogP contribution is 2.38. The number of carbonyl (C=O) groups is 1. The molecule has 0 spiro atoms. The number of likely N-dealkylation sites (N-methyl/N-ethyl adjacent to an activating group) is 1. The molecule has 0 unspecified atom stereocenters. The van der Waals surface area contributed by atoms with Gasteiger partial charge in [0.1, 0.15) is 28.2 Å². The van der Waals surface area contributed by atoms with E-state index in [1.807, 2.05) is 0 Å². The average molecular weight is 400 g/mol. The Labute approximate surface area is 163 Å². The van der Waals surface area contributed by atoms with Crippen LogP contribution in [0.5, 0.6) is 0 Å². The summed E-state index contributed by atoms with van der Waals surface area (Å²) >= 11 is 0. The first kappa shape index (κ1) is 18.0. The van der Waals surface area contributed by atoms with Crippen LogP contribution in [0.15, 0.2) is 23.1 Å². The van der Waals surface area contributed by atoms with Gasteiger partial charge in [-0.15, -0.1) is 0 Å². The summed E-state index contributed by atoms with van der Waals surface area (Å²) < 4.78 is 31.6. The Bertz CT molecular complexity index is 1250. The number of hydrogen-bond acceptors (Lipinski definition) is 5. The predicted octanol–water partition coefficient (Wildman–Crippen LogP) is 2.27.